The van der Waals surface area contributed by atoms with Gasteiger partial charge in [0, 0.05) is 5.70 Å². The normalized spacial score (nSPS) is 17.8. The van der Waals surface area contributed by atoms with Gasteiger partial charge in [0.25, 0.3) is 0 Å². The molecule has 2 rings (SSSR count). The van der Waals surface area contributed by atoms with Gasteiger partial charge in [-0.05, 0) is 24.5 Å². The highest BCUT2D eigenvalue weighted by molar-refractivity contribution is 6.42. The molecule has 124 valence electrons. The summed E-state index contributed by atoms with van der Waals surface area (Å²) in [5, 5.41) is 6.07. The van der Waals surface area contributed by atoms with E-state index in [1.165, 1.54) is 0 Å². The number of carbonyl (C=O) groups excluding carboxylic acids is 2. The lowest BCUT2D eigenvalue weighted by Crippen LogP contribution is -2.47. The lowest BCUT2D eigenvalue weighted by molar-refractivity contribution is -0.139. The molecule has 1 aliphatic rings. The number of amides is 2. The Bertz CT molecular complexity index is 671. The number of hydrogen-bond donors (Lipinski definition) is 2. The monoisotopic (exact) mass is 356 g/mol. The molecule has 1 aliphatic heterocycles. The summed E-state index contributed by atoms with van der Waals surface area (Å²) >= 11 is 12.3. The van der Waals surface area contributed by atoms with Gasteiger partial charge in [-0.25, -0.2) is 9.59 Å². The molecular weight excluding hydrogens is 339 g/mol. The Hall–Kier alpha value is -1.72. The molecule has 0 saturated heterocycles. The summed E-state index contributed by atoms with van der Waals surface area (Å²) in [4.78, 5) is 24.5. The van der Waals surface area contributed by atoms with Gasteiger partial charge in [0.1, 0.15) is 0 Å². The van der Waals surface area contributed by atoms with Crippen LogP contribution in [0.25, 0.3) is 0 Å². The van der Waals surface area contributed by atoms with Crippen LogP contribution in [0.2, 0.25) is 10.0 Å². The van der Waals surface area contributed by atoms with Gasteiger partial charge >= 0.3 is 12.0 Å². The van der Waals surface area contributed by atoms with Crippen molar-refractivity contribution >= 4 is 35.2 Å². The summed E-state index contributed by atoms with van der Waals surface area (Å²) in [6.45, 7) is 5.73. The van der Waals surface area contributed by atoms with Crippen LogP contribution in [-0.2, 0) is 9.53 Å². The molecule has 0 spiro atoms. The highest BCUT2D eigenvalue weighted by Crippen LogP contribution is 2.36. The number of benzene rings is 1. The summed E-state index contributed by atoms with van der Waals surface area (Å²) in [7, 11) is 0. The molecule has 0 bridgehead atoms. The molecule has 1 aromatic carbocycles. The molecule has 7 heteroatoms. The molecule has 2 N–H and O–H groups in total. The first-order chi connectivity index (χ1) is 10.9. The summed E-state index contributed by atoms with van der Waals surface area (Å²) in [5.74, 6) is -0.564. The van der Waals surface area contributed by atoms with Crippen molar-refractivity contribution in [2.75, 3.05) is 6.61 Å². The third-order valence-electron chi connectivity index (χ3n) is 3.47. The van der Waals surface area contributed by atoms with E-state index in [-0.39, 0.29) is 12.5 Å². The minimum atomic E-state index is -0.716. The second-order valence-corrected chi connectivity index (χ2v) is 6.16. The Morgan fingerprint density at radius 3 is 2.65 bits per heavy atom. The maximum Gasteiger partial charge on any atom is 0.338 e. The number of carbonyl (C=O) groups is 2. The fourth-order valence-corrected chi connectivity index (χ4v) is 2.87. The molecule has 5 nitrogen and oxygen atoms in total. The van der Waals surface area contributed by atoms with Crippen molar-refractivity contribution in [2.24, 2.45) is 5.92 Å². The average Bonchev–Trinajstić information content (AvgIpc) is 2.49. The summed E-state index contributed by atoms with van der Waals surface area (Å²) < 4.78 is 5.15. The van der Waals surface area contributed by atoms with Crippen LogP contribution in [0.15, 0.2) is 29.5 Å². The first kappa shape index (κ1) is 17.6. The van der Waals surface area contributed by atoms with E-state index in [1.807, 2.05) is 13.8 Å². The highest BCUT2D eigenvalue weighted by atomic mass is 35.5. The van der Waals surface area contributed by atoms with E-state index in [0.717, 1.165) is 0 Å². The minimum absolute atomic E-state index is 0.0686. The lowest BCUT2D eigenvalue weighted by atomic mass is 9.91. The zero-order valence-electron chi connectivity index (χ0n) is 13.1. The molecule has 1 unspecified atom stereocenters. The number of halogens is 2. The van der Waals surface area contributed by atoms with Crippen LogP contribution in [-0.4, -0.2) is 18.6 Å². The molecule has 0 fully saturated rings. The molecule has 0 aromatic heterocycles. The van der Waals surface area contributed by atoms with Gasteiger partial charge in [-0.1, -0.05) is 49.2 Å². The number of ether oxygens (including phenoxy) is 1. The van der Waals surface area contributed by atoms with Crippen LogP contribution in [0, 0.1) is 5.92 Å². The number of esters is 1. The molecule has 0 aliphatic carbocycles. The van der Waals surface area contributed by atoms with Gasteiger partial charge in [-0.2, -0.15) is 0 Å². The van der Waals surface area contributed by atoms with Crippen LogP contribution in [0.3, 0.4) is 0 Å². The Balaban J connectivity index is 2.62. The molecule has 1 aromatic rings. The third kappa shape index (κ3) is 3.62. The smallest absolute Gasteiger partial charge is 0.338 e. The van der Waals surface area contributed by atoms with Gasteiger partial charge in [0.05, 0.1) is 28.3 Å². The topological polar surface area (TPSA) is 67.4 Å². The first-order valence-corrected chi connectivity index (χ1v) is 8.05. The van der Waals surface area contributed by atoms with Gasteiger partial charge < -0.3 is 15.4 Å². The fourth-order valence-electron chi connectivity index (χ4n) is 2.45. The van der Waals surface area contributed by atoms with E-state index in [1.54, 1.807) is 25.1 Å². The predicted molar refractivity (Wildman–Crippen MR) is 89.4 cm³/mol. The molecule has 1 atom stereocenters. The van der Waals surface area contributed by atoms with Crippen LogP contribution >= 0.6 is 23.2 Å². The standard InChI is InChI=1S/C16H18Cl2N2O3/c1-4-23-15(21)11-13(8(2)3)19-16(22)20-14(11)9-6-5-7-10(17)12(9)18/h5-8,14H,4H2,1-3H3,(H2,19,20,22). The third-order valence-corrected chi connectivity index (χ3v) is 4.30. The Morgan fingerprint density at radius 1 is 1.35 bits per heavy atom. The maximum absolute atomic E-state index is 12.5. The van der Waals surface area contributed by atoms with Crippen molar-refractivity contribution in [3.63, 3.8) is 0 Å². The van der Waals surface area contributed by atoms with Crippen LogP contribution in [0.5, 0.6) is 0 Å². The highest BCUT2D eigenvalue weighted by Gasteiger charge is 2.35. The van der Waals surface area contributed by atoms with E-state index in [9.17, 15) is 9.59 Å². The van der Waals surface area contributed by atoms with Crippen LogP contribution < -0.4 is 10.6 Å². The average molecular weight is 357 g/mol. The predicted octanol–water partition coefficient (Wildman–Crippen LogP) is 3.82. The molecule has 2 amide bonds. The van der Waals surface area contributed by atoms with E-state index >= 15 is 0 Å². The number of hydrogen-bond acceptors (Lipinski definition) is 3. The van der Waals surface area contributed by atoms with Crippen molar-refractivity contribution < 1.29 is 14.3 Å². The molecule has 23 heavy (non-hydrogen) atoms. The molecule has 0 saturated carbocycles. The lowest BCUT2D eigenvalue weighted by Gasteiger charge is -2.31. The first-order valence-electron chi connectivity index (χ1n) is 7.29. The summed E-state index contributed by atoms with van der Waals surface area (Å²) in [6, 6.07) is 3.97. The molecular formula is C16H18Cl2N2O3. The van der Waals surface area contributed by atoms with Gasteiger partial charge in [-0.15, -0.1) is 0 Å². The van der Waals surface area contributed by atoms with Gasteiger partial charge in [0.15, 0.2) is 0 Å². The zero-order chi connectivity index (χ0) is 17.1. The second-order valence-electron chi connectivity index (χ2n) is 5.38. The van der Waals surface area contributed by atoms with E-state index < -0.39 is 18.0 Å². The Labute approximate surface area is 145 Å². The minimum Gasteiger partial charge on any atom is -0.463 e. The number of nitrogens with one attached hydrogen (secondary N) is 2. The number of urea groups is 1. The quantitative estimate of drug-likeness (QED) is 0.805. The van der Waals surface area contributed by atoms with E-state index in [4.69, 9.17) is 27.9 Å². The second kappa shape index (κ2) is 7.23. The maximum atomic E-state index is 12.5. The fraction of sp³-hybridized carbons (Fsp3) is 0.375. The van der Waals surface area contributed by atoms with Crippen molar-refractivity contribution in [1.29, 1.82) is 0 Å². The van der Waals surface area contributed by atoms with E-state index in [2.05, 4.69) is 10.6 Å². The Morgan fingerprint density at radius 2 is 2.04 bits per heavy atom. The molecule has 0 radical (unpaired) electrons. The van der Waals surface area contributed by atoms with Crippen molar-refractivity contribution in [2.45, 2.75) is 26.8 Å². The SMILES string of the molecule is CCOC(=O)C1=C(C(C)C)NC(=O)NC1c1cccc(Cl)c1Cl. The van der Waals surface area contributed by atoms with Gasteiger partial charge in [-0.3, -0.25) is 0 Å². The van der Waals surface area contributed by atoms with Crippen LogP contribution in [0.1, 0.15) is 32.4 Å². The van der Waals surface area contributed by atoms with Crippen molar-refractivity contribution in [3.8, 4) is 0 Å². The number of allylic oxidation sites excluding steroid dienone is 1. The van der Waals surface area contributed by atoms with Crippen molar-refractivity contribution in [3.05, 3.63) is 45.1 Å². The summed E-state index contributed by atoms with van der Waals surface area (Å²) in [6.07, 6.45) is 0. The van der Waals surface area contributed by atoms with Crippen molar-refractivity contribution in [1.82, 2.24) is 10.6 Å². The largest absolute Gasteiger partial charge is 0.463 e. The van der Waals surface area contributed by atoms with Gasteiger partial charge in [0.2, 0.25) is 0 Å². The summed E-state index contributed by atoms with van der Waals surface area (Å²) in [5.41, 5.74) is 1.41. The zero-order valence-corrected chi connectivity index (χ0v) is 14.6. The Kier molecular flexibility index (Phi) is 5.55. The van der Waals surface area contributed by atoms with E-state index in [0.29, 0.717) is 26.9 Å². The molecule has 1 heterocycles. The number of rotatable bonds is 4. The van der Waals surface area contributed by atoms with Crippen LogP contribution in [0.4, 0.5) is 4.79 Å².